The van der Waals surface area contributed by atoms with Crippen LogP contribution in [0.5, 0.6) is 5.75 Å². The van der Waals surface area contributed by atoms with Crippen LogP contribution in [0.3, 0.4) is 0 Å². The molecule has 0 fully saturated rings. The van der Waals surface area contributed by atoms with Gasteiger partial charge in [-0.2, -0.15) is 0 Å². The number of carbonyl (C=O) groups excluding carboxylic acids is 1. The number of benzene rings is 1. The summed E-state index contributed by atoms with van der Waals surface area (Å²) >= 11 is 0. The number of aryl methyl sites for hydroxylation is 2. The van der Waals surface area contributed by atoms with Crippen molar-refractivity contribution in [3.05, 3.63) is 63.0 Å². The molecular weight excluding hydrogens is 310 g/mol. The first kappa shape index (κ1) is 17.4. The number of pyridine rings is 1. The van der Waals surface area contributed by atoms with Gasteiger partial charge in [0.2, 0.25) is 0 Å². The van der Waals surface area contributed by atoms with Crippen molar-refractivity contribution in [2.24, 2.45) is 0 Å². The quantitative estimate of drug-likeness (QED) is 0.499. The normalized spacial score (nSPS) is 10.3. The summed E-state index contributed by atoms with van der Waals surface area (Å²) in [5.41, 5.74) is 1.96. The molecule has 0 aliphatic heterocycles. The molecule has 1 aromatic heterocycles. The monoisotopic (exact) mass is 329 g/mol. The highest BCUT2D eigenvalue weighted by Crippen LogP contribution is 2.28. The lowest BCUT2D eigenvalue weighted by Gasteiger charge is -2.13. The van der Waals surface area contributed by atoms with Gasteiger partial charge in [0, 0.05) is 17.3 Å². The summed E-state index contributed by atoms with van der Waals surface area (Å²) in [5, 5.41) is 13.9. The molecule has 0 bridgehead atoms. The third kappa shape index (κ3) is 3.87. The van der Waals surface area contributed by atoms with E-state index in [0.717, 1.165) is 0 Å². The zero-order valence-electron chi connectivity index (χ0n) is 13.8. The molecule has 0 saturated heterocycles. The molecule has 1 amide bonds. The Bertz CT molecular complexity index is 760. The van der Waals surface area contributed by atoms with Crippen molar-refractivity contribution in [2.45, 2.75) is 20.8 Å². The fraction of sp³-hybridized carbons (Fsp3) is 0.294. The lowest BCUT2D eigenvalue weighted by atomic mass is 9.97. The van der Waals surface area contributed by atoms with Gasteiger partial charge in [-0.05, 0) is 44.5 Å². The maximum absolute atomic E-state index is 12.4. The minimum atomic E-state index is -0.452. The first-order valence-electron chi connectivity index (χ1n) is 7.48. The number of aromatic nitrogens is 1. The van der Waals surface area contributed by atoms with E-state index in [0.29, 0.717) is 28.0 Å². The molecule has 0 saturated carbocycles. The molecule has 1 heterocycles. The predicted molar refractivity (Wildman–Crippen MR) is 89.4 cm³/mol. The molecule has 1 N–H and O–H groups in total. The summed E-state index contributed by atoms with van der Waals surface area (Å²) in [4.78, 5) is 27.1. The fourth-order valence-electron chi connectivity index (χ4n) is 2.66. The Morgan fingerprint density at radius 3 is 2.71 bits per heavy atom. The highest BCUT2D eigenvalue weighted by molar-refractivity contribution is 5.98. The van der Waals surface area contributed by atoms with E-state index in [2.05, 4.69) is 10.3 Å². The number of nitro benzene ring substituents is 1. The fourth-order valence-corrected chi connectivity index (χ4v) is 2.66. The molecule has 126 valence electrons. The second-order valence-electron chi connectivity index (χ2n) is 5.41. The van der Waals surface area contributed by atoms with Crippen molar-refractivity contribution in [3.63, 3.8) is 0 Å². The zero-order chi connectivity index (χ0) is 17.7. The van der Waals surface area contributed by atoms with Crippen molar-refractivity contribution in [3.8, 4) is 5.75 Å². The number of nitrogens with zero attached hydrogens (tertiary/aromatic N) is 2. The molecule has 0 aliphatic carbocycles. The molecule has 0 atom stereocenters. The van der Waals surface area contributed by atoms with E-state index in [1.165, 1.54) is 0 Å². The van der Waals surface area contributed by atoms with Crippen LogP contribution in [0.15, 0.2) is 30.6 Å². The molecule has 0 radical (unpaired) electrons. The third-order valence-electron chi connectivity index (χ3n) is 3.63. The van der Waals surface area contributed by atoms with Crippen LogP contribution in [0.1, 0.15) is 27.0 Å². The van der Waals surface area contributed by atoms with Gasteiger partial charge in [0.15, 0.2) is 0 Å². The van der Waals surface area contributed by atoms with Crippen LogP contribution < -0.4 is 10.1 Å². The minimum Gasteiger partial charge on any atom is -0.490 e. The van der Waals surface area contributed by atoms with Crippen molar-refractivity contribution in [1.29, 1.82) is 0 Å². The van der Waals surface area contributed by atoms with Crippen molar-refractivity contribution >= 4 is 11.6 Å². The van der Waals surface area contributed by atoms with Gasteiger partial charge in [0.1, 0.15) is 12.4 Å². The van der Waals surface area contributed by atoms with Gasteiger partial charge in [-0.1, -0.05) is 0 Å². The van der Waals surface area contributed by atoms with E-state index in [1.807, 2.05) is 0 Å². The number of nitrogens with one attached hydrogen (secondary N) is 1. The first-order chi connectivity index (χ1) is 11.4. The minimum absolute atomic E-state index is 0.0163. The van der Waals surface area contributed by atoms with Gasteiger partial charge in [-0.3, -0.25) is 19.9 Å². The summed E-state index contributed by atoms with van der Waals surface area (Å²) in [5.74, 6) is 0.271. The number of hydrogen-bond acceptors (Lipinski definition) is 5. The van der Waals surface area contributed by atoms with Gasteiger partial charge >= 0.3 is 0 Å². The Balaban J connectivity index is 2.04. The lowest BCUT2D eigenvalue weighted by molar-refractivity contribution is -0.386. The largest absolute Gasteiger partial charge is 0.490 e. The van der Waals surface area contributed by atoms with Gasteiger partial charge in [-0.15, -0.1) is 0 Å². The van der Waals surface area contributed by atoms with Crippen molar-refractivity contribution in [2.75, 3.05) is 13.2 Å². The average molecular weight is 329 g/mol. The molecule has 0 spiro atoms. The van der Waals surface area contributed by atoms with Crippen LogP contribution >= 0.6 is 0 Å². The van der Waals surface area contributed by atoms with Crippen LogP contribution in [0, 0.1) is 30.9 Å². The van der Waals surface area contributed by atoms with Gasteiger partial charge in [0.25, 0.3) is 11.6 Å². The smallest absolute Gasteiger partial charge is 0.275 e. The highest BCUT2D eigenvalue weighted by Gasteiger charge is 2.23. The standard InChI is InChI=1S/C17H19N3O4/c1-11-9-12(2)16(20(22)23)13(3)15(11)17(21)19-7-8-24-14-5-4-6-18-10-14/h4-6,9-10H,7-8H2,1-3H3,(H,19,21). The molecule has 2 rings (SSSR count). The Morgan fingerprint density at radius 2 is 2.08 bits per heavy atom. The number of ether oxygens (including phenoxy) is 1. The van der Waals surface area contributed by atoms with Crippen molar-refractivity contribution < 1.29 is 14.5 Å². The summed E-state index contributed by atoms with van der Waals surface area (Å²) in [6, 6.07) is 5.19. The molecule has 0 unspecified atom stereocenters. The Labute approximate surface area is 139 Å². The van der Waals surface area contributed by atoms with Crippen LogP contribution in [-0.2, 0) is 0 Å². The van der Waals surface area contributed by atoms with E-state index in [4.69, 9.17) is 4.74 Å². The highest BCUT2D eigenvalue weighted by atomic mass is 16.6. The molecule has 0 aliphatic rings. The molecule has 24 heavy (non-hydrogen) atoms. The zero-order valence-corrected chi connectivity index (χ0v) is 13.8. The van der Waals surface area contributed by atoms with E-state index >= 15 is 0 Å². The lowest BCUT2D eigenvalue weighted by Crippen LogP contribution is -2.29. The summed E-state index contributed by atoms with van der Waals surface area (Å²) < 4.78 is 5.45. The summed E-state index contributed by atoms with van der Waals surface area (Å²) in [7, 11) is 0. The molecule has 2 aromatic rings. The second kappa shape index (κ2) is 7.54. The maximum atomic E-state index is 12.4. The number of carbonyl (C=O) groups is 1. The van der Waals surface area contributed by atoms with Gasteiger partial charge < -0.3 is 10.1 Å². The Morgan fingerprint density at radius 1 is 1.33 bits per heavy atom. The number of hydrogen-bond donors (Lipinski definition) is 1. The van der Waals surface area contributed by atoms with Gasteiger partial charge in [0.05, 0.1) is 23.2 Å². The van der Waals surface area contributed by atoms with Crippen LogP contribution in [0.2, 0.25) is 0 Å². The topological polar surface area (TPSA) is 94.4 Å². The number of nitro groups is 1. The summed E-state index contributed by atoms with van der Waals surface area (Å²) in [6.07, 6.45) is 3.23. The van der Waals surface area contributed by atoms with E-state index in [-0.39, 0.29) is 24.7 Å². The van der Waals surface area contributed by atoms with Gasteiger partial charge in [-0.25, -0.2) is 0 Å². The van der Waals surface area contributed by atoms with Crippen molar-refractivity contribution in [1.82, 2.24) is 10.3 Å². The van der Waals surface area contributed by atoms with E-state index in [9.17, 15) is 14.9 Å². The SMILES string of the molecule is Cc1cc(C)c([N+](=O)[O-])c(C)c1C(=O)NCCOc1cccnc1. The molecule has 7 nitrogen and oxygen atoms in total. The van der Waals surface area contributed by atoms with E-state index < -0.39 is 4.92 Å². The predicted octanol–water partition coefficient (Wildman–Crippen LogP) is 2.72. The molecule has 1 aromatic carbocycles. The molecular formula is C17H19N3O4. The maximum Gasteiger partial charge on any atom is 0.275 e. The summed E-state index contributed by atoms with van der Waals surface area (Å²) in [6.45, 7) is 5.60. The van der Waals surface area contributed by atoms with E-state index in [1.54, 1.807) is 51.4 Å². The second-order valence-corrected chi connectivity index (χ2v) is 5.41. The number of rotatable bonds is 6. The third-order valence-corrected chi connectivity index (χ3v) is 3.63. The van der Waals surface area contributed by atoms with Crippen LogP contribution in [0.25, 0.3) is 0 Å². The first-order valence-corrected chi connectivity index (χ1v) is 7.48. The Hall–Kier alpha value is -2.96. The van der Waals surface area contributed by atoms with Crippen LogP contribution in [-0.4, -0.2) is 29.0 Å². The number of amides is 1. The van der Waals surface area contributed by atoms with Crippen LogP contribution in [0.4, 0.5) is 5.69 Å². The average Bonchev–Trinajstić information content (AvgIpc) is 2.51. The Kier molecular flexibility index (Phi) is 5.47. The molecule has 7 heteroatoms.